The highest BCUT2D eigenvalue weighted by molar-refractivity contribution is 5.97. The molecule has 7 nitrogen and oxygen atoms in total. The molecule has 0 spiro atoms. The third-order valence-corrected chi connectivity index (χ3v) is 5.17. The molecule has 2 aliphatic rings. The average Bonchev–Trinajstić information content (AvgIpc) is 3.35. The molecule has 0 saturated carbocycles. The van der Waals surface area contributed by atoms with Crippen molar-refractivity contribution in [3.8, 4) is 11.5 Å². The van der Waals surface area contributed by atoms with Crippen LogP contribution in [0.15, 0.2) is 42.5 Å². The van der Waals surface area contributed by atoms with Gasteiger partial charge >= 0.3 is 0 Å². The molecule has 1 N–H and O–H groups in total. The second kappa shape index (κ2) is 8.53. The molecule has 0 atom stereocenters. The van der Waals surface area contributed by atoms with Crippen molar-refractivity contribution in [3.63, 3.8) is 0 Å². The van der Waals surface area contributed by atoms with E-state index < -0.39 is 0 Å². The van der Waals surface area contributed by atoms with Gasteiger partial charge < -0.3 is 19.7 Å². The van der Waals surface area contributed by atoms with Gasteiger partial charge in [-0.3, -0.25) is 14.5 Å². The molecule has 1 fully saturated rings. The number of carbonyl (C=O) groups is 2. The lowest BCUT2D eigenvalue weighted by Crippen LogP contribution is -2.32. The van der Waals surface area contributed by atoms with E-state index in [9.17, 15) is 9.59 Å². The molecule has 4 rings (SSSR count). The number of anilines is 2. The average molecular weight is 395 g/mol. The van der Waals surface area contributed by atoms with Gasteiger partial charge in [-0.15, -0.1) is 0 Å². The Bertz CT molecular complexity index is 915. The number of hydrogen-bond donors (Lipinski definition) is 1. The number of carbonyl (C=O) groups excluding carboxylic acids is 2. The molecule has 2 aromatic rings. The lowest BCUT2D eigenvalue weighted by Gasteiger charge is -2.21. The molecule has 0 bridgehead atoms. The summed E-state index contributed by atoms with van der Waals surface area (Å²) in [5, 5.41) is 2.95. The summed E-state index contributed by atoms with van der Waals surface area (Å²) >= 11 is 0. The van der Waals surface area contributed by atoms with E-state index in [-0.39, 0.29) is 25.2 Å². The molecule has 0 radical (unpaired) electrons. The van der Waals surface area contributed by atoms with E-state index >= 15 is 0 Å². The molecule has 1 saturated heterocycles. The van der Waals surface area contributed by atoms with Crippen LogP contribution in [0.5, 0.6) is 11.5 Å². The highest BCUT2D eigenvalue weighted by atomic mass is 16.7. The Hall–Kier alpha value is -3.06. The largest absolute Gasteiger partial charge is 0.454 e. The van der Waals surface area contributed by atoms with E-state index in [1.54, 1.807) is 4.90 Å². The van der Waals surface area contributed by atoms with Crippen LogP contribution in [0.25, 0.3) is 0 Å². The highest BCUT2D eigenvalue weighted by Gasteiger charge is 2.22. The Morgan fingerprint density at radius 3 is 2.83 bits per heavy atom. The Kier molecular flexibility index (Phi) is 5.67. The van der Waals surface area contributed by atoms with Gasteiger partial charge in [0.05, 0.1) is 6.54 Å². The van der Waals surface area contributed by atoms with Crippen LogP contribution in [-0.4, -0.2) is 43.1 Å². The summed E-state index contributed by atoms with van der Waals surface area (Å²) in [5.41, 5.74) is 2.60. The van der Waals surface area contributed by atoms with Gasteiger partial charge in [0.25, 0.3) is 0 Å². The third kappa shape index (κ3) is 4.51. The normalized spacial score (nSPS) is 15.2. The number of benzene rings is 2. The van der Waals surface area contributed by atoms with Gasteiger partial charge in [-0.1, -0.05) is 19.1 Å². The monoisotopic (exact) mass is 395 g/mol. The molecule has 2 amide bonds. The topological polar surface area (TPSA) is 71.1 Å². The van der Waals surface area contributed by atoms with Crippen molar-refractivity contribution in [2.75, 3.05) is 36.6 Å². The molecule has 2 heterocycles. The van der Waals surface area contributed by atoms with Crippen molar-refractivity contribution in [2.24, 2.45) is 0 Å². The van der Waals surface area contributed by atoms with Crippen molar-refractivity contribution in [3.05, 3.63) is 48.0 Å². The van der Waals surface area contributed by atoms with Gasteiger partial charge in [0.2, 0.25) is 18.6 Å². The molecule has 0 aromatic heterocycles. The van der Waals surface area contributed by atoms with Crippen LogP contribution in [0.3, 0.4) is 0 Å². The first kappa shape index (κ1) is 19.3. The van der Waals surface area contributed by atoms with Crippen LogP contribution in [0, 0.1) is 0 Å². The van der Waals surface area contributed by atoms with Gasteiger partial charge in [-0.05, 0) is 48.9 Å². The van der Waals surface area contributed by atoms with Gasteiger partial charge in [0, 0.05) is 30.9 Å². The fraction of sp³-hybridized carbons (Fsp3) is 0.364. The van der Waals surface area contributed by atoms with E-state index in [0.717, 1.165) is 42.3 Å². The van der Waals surface area contributed by atoms with Crippen LogP contribution in [0.2, 0.25) is 0 Å². The predicted molar refractivity (Wildman–Crippen MR) is 110 cm³/mol. The van der Waals surface area contributed by atoms with Crippen molar-refractivity contribution < 1.29 is 19.1 Å². The molecule has 0 unspecified atom stereocenters. The zero-order chi connectivity index (χ0) is 20.2. The summed E-state index contributed by atoms with van der Waals surface area (Å²) in [6, 6.07) is 13.3. The van der Waals surface area contributed by atoms with E-state index in [0.29, 0.717) is 18.7 Å². The maximum atomic E-state index is 12.6. The Morgan fingerprint density at radius 1 is 1.17 bits per heavy atom. The number of hydrogen-bond acceptors (Lipinski definition) is 5. The lowest BCUT2D eigenvalue weighted by molar-refractivity contribution is -0.118. The summed E-state index contributed by atoms with van der Waals surface area (Å²) in [4.78, 5) is 28.4. The van der Waals surface area contributed by atoms with Crippen molar-refractivity contribution in [2.45, 2.75) is 26.3 Å². The summed E-state index contributed by atoms with van der Waals surface area (Å²) in [6.45, 7) is 4.67. The minimum absolute atomic E-state index is 0.0857. The standard InChI is InChI=1S/C22H25N3O4/c1-2-24(13-16-8-9-19-20(11-16)29-15-28-19)14-21(26)23-17-5-3-6-18(12-17)25-10-4-7-22(25)27/h3,5-6,8-9,11-12H,2,4,7,10,13-15H2,1H3,(H,23,26). The molecular weight excluding hydrogens is 370 g/mol. The third-order valence-electron chi connectivity index (χ3n) is 5.17. The van der Waals surface area contributed by atoms with Gasteiger partial charge in [0.1, 0.15) is 0 Å². The van der Waals surface area contributed by atoms with Crippen LogP contribution >= 0.6 is 0 Å². The number of nitrogens with one attached hydrogen (secondary N) is 1. The molecule has 29 heavy (non-hydrogen) atoms. The smallest absolute Gasteiger partial charge is 0.238 e. The zero-order valence-corrected chi connectivity index (χ0v) is 16.5. The van der Waals surface area contributed by atoms with E-state index in [2.05, 4.69) is 10.2 Å². The summed E-state index contributed by atoms with van der Waals surface area (Å²) < 4.78 is 10.8. The summed E-state index contributed by atoms with van der Waals surface area (Å²) in [7, 11) is 0. The molecule has 7 heteroatoms. The van der Waals surface area contributed by atoms with E-state index in [1.807, 2.05) is 49.4 Å². The van der Waals surface area contributed by atoms with Crippen LogP contribution in [0.1, 0.15) is 25.3 Å². The van der Waals surface area contributed by atoms with Gasteiger partial charge in [-0.25, -0.2) is 0 Å². The molecule has 152 valence electrons. The first-order valence-electron chi connectivity index (χ1n) is 9.93. The first-order valence-corrected chi connectivity index (χ1v) is 9.93. The molecule has 2 aliphatic heterocycles. The predicted octanol–water partition coefficient (Wildman–Crippen LogP) is 3.00. The van der Waals surface area contributed by atoms with Crippen LogP contribution < -0.4 is 19.7 Å². The van der Waals surface area contributed by atoms with Crippen LogP contribution in [0.4, 0.5) is 11.4 Å². The molecule has 0 aliphatic carbocycles. The van der Waals surface area contributed by atoms with E-state index in [4.69, 9.17) is 9.47 Å². The number of likely N-dealkylation sites (N-methyl/N-ethyl adjacent to an activating group) is 1. The van der Waals surface area contributed by atoms with Crippen LogP contribution in [-0.2, 0) is 16.1 Å². The number of rotatable bonds is 7. The SMILES string of the molecule is CCN(CC(=O)Nc1cccc(N2CCCC2=O)c1)Cc1ccc2c(c1)OCO2. The first-order chi connectivity index (χ1) is 14.1. The molecular formula is C22H25N3O4. The number of nitrogens with zero attached hydrogens (tertiary/aromatic N) is 2. The van der Waals surface area contributed by atoms with Crippen molar-refractivity contribution in [1.82, 2.24) is 4.90 Å². The summed E-state index contributed by atoms with van der Waals surface area (Å²) in [6.07, 6.45) is 1.46. The Morgan fingerprint density at radius 2 is 2.03 bits per heavy atom. The van der Waals surface area contributed by atoms with Crippen molar-refractivity contribution in [1.29, 1.82) is 0 Å². The quantitative estimate of drug-likeness (QED) is 0.780. The maximum Gasteiger partial charge on any atom is 0.238 e. The summed E-state index contributed by atoms with van der Waals surface area (Å²) in [5.74, 6) is 1.55. The lowest BCUT2D eigenvalue weighted by atomic mass is 10.2. The fourth-order valence-corrected chi connectivity index (χ4v) is 3.65. The fourth-order valence-electron chi connectivity index (χ4n) is 3.65. The minimum Gasteiger partial charge on any atom is -0.454 e. The number of amides is 2. The second-order valence-corrected chi connectivity index (χ2v) is 7.24. The van der Waals surface area contributed by atoms with E-state index in [1.165, 1.54) is 0 Å². The zero-order valence-electron chi connectivity index (χ0n) is 16.5. The highest BCUT2D eigenvalue weighted by Crippen LogP contribution is 2.32. The maximum absolute atomic E-state index is 12.6. The minimum atomic E-state index is -0.0857. The Balaban J connectivity index is 1.36. The van der Waals surface area contributed by atoms with Gasteiger partial charge in [-0.2, -0.15) is 0 Å². The van der Waals surface area contributed by atoms with Gasteiger partial charge in [0.15, 0.2) is 11.5 Å². The number of ether oxygens (including phenoxy) is 2. The Labute approximate surface area is 170 Å². The second-order valence-electron chi connectivity index (χ2n) is 7.24. The number of fused-ring (bicyclic) bond motifs is 1. The van der Waals surface area contributed by atoms with Crippen molar-refractivity contribution >= 4 is 23.2 Å². The molecule has 2 aromatic carbocycles.